The number of aromatic hydroxyl groups is 2. The van der Waals surface area contributed by atoms with Crippen LogP contribution in [0.2, 0.25) is 0 Å². The van der Waals surface area contributed by atoms with Crippen LogP contribution in [0.5, 0.6) is 23.0 Å². The predicted octanol–water partition coefficient (Wildman–Crippen LogP) is 3.01. The van der Waals surface area contributed by atoms with Gasteiger partial charge in [-0.2, -0.15) is 8.42 Å². The first-order chi connectivity index (χ1) is 14.1. The number of hydrogen-bond acceptors (Lipinski definition) is 7. The Hall–Kier alpha value is -3.60. The molecule has 0 saturated heterocycles. The zero-order valence-corrected chi connectivity index (χ0v) is 15.8. The van der Waals surface area contributed by atoms with E-state index in [4.69, 9.17) is 27.0 Å². The smallest absolute Gasteiger partial charge is 0.394 e. The highest BCUT2D eigenvalue weighted by Crippen LogP contribution is 2.56. The minimum atomic E-state index is -4.67. The standard InChI is InChI=1S/C20H12O5.H2O4S/c21-11-5-7-15-17(9-11)24-18-10-12(22)6-8-16(18)20(15)14-4-2-1-3-13(14)19(23)25-20;1-5(2,3)4/h1-10,21-22H;(H2,1,2,3,4). The van der Waals surface area contributed by atoms with E-state index in [0.717, 1.165) is 0 Å². The summed E-state index contributed by atoms with van der Waals surface area (Å²) in [6.45, 7) is 0. The Morgan fingerprint density at radius 2 is 1.27 bits per heavy atom. The molecule has 9 nitrogen and oxygen atoms in total. The fourth-order valence-corrected chi connectivity index (χ4v) is 3.65. The topological polar surface area (TPSA) is 151 Å². The second-order valence-corrected chi connectivity index (χ2v) is 7.42. The maximum Gasteiger partial charge on any atom is 0.394 e. The van der Waals surface area contributed by atoms with Gasteiger partial charge in [-0.15, -0.1) is 0 Å². The highest BCUT2D eigenvalue weighted by molar-refractivity contribution is 7.79. The minimum Gasteiger partial charge on any atom is -0.508 e. The van der Waals surface area contributed by atoms with Crippen LogP contribution in [-0.2, 0) is 20.7 Å². The predicted molar refractivity (Wildman–Crippen MR) is 102 cm³/mol. The van der Waals surface area contributed by atoms with Crippen LogP contribution in [0.4, 0.5) is 0 Å². The van der Waals surface area contributed by atoms with Crippen molar-refractivity contribution >= 4 is 16.4 Å². The Balaban J connectivity index is 0.000000393. The number of hydrogen-bond donors (Lipinski definition) is 4. The van der Waals surface area contributed by atoms with E-state index in [1.807, 2.05) is 12.1 Å². The SMILES string of the molecule is O=C1OC2(c3ccc(O)cc3Oc3cc(O)ccc32)c2ccccc21.O=S(=O)(O)O. The molecule has 30 heavy (non-hydrogen) atoms. The molecule has 0 bridgehead atoms. The van der Waals surface area contributed by atoms with E-state index in [0.29, 0.717) is 33.8 Å². The number of fused-ring (bicyclic) bond motifs is 6. The third-order valence-corrected chi connectivity index (χ3v) is 4.68. The number of benzene rings is 3. The number of esters is 1. The Bertz CT molecular complexity index is 1220. The van der Waals surface area contributed by atoms with Crippen LogP contribution in [0.3, 0.4) is 0 Å². The number of carbonyl (C=O) groups excluding carboxylic acids is 1. The molecule has 0 saturated carbocycles. The molecule has 154 valence electrons. The lowest BCUT2D eigenvalue weighted by atomic mass is 9.77. The lowest BCUT2D eigenvalue weighted by molar-refractivity contribution is 0.0224. The van der Waals surface area contributed by atoms with Crippen LogP contribution in [0, 0.1) is 0 Å². The van der Waals surface area contributed by atoms with Gasteiger partial charge in [0.05, 0.1) is 5.56 Å². The molecule has 2 aliphatic heterocycles. The molecule has 5 rings (SSSR count). The second-order valence-electron chi connectivity index (χ2n) is 6.53. The highest BCUT2D eigenvalue weighted by atomic mass is 32.3. The first kappa shape index (κ1) is 19.7. The maximum atomic E-state index is 12.5. The molecular weight excluding hydrogens is 416 g/mol. The number of phenols is 2. The Morgan fingerprint density at radius 1 is 0.767 bits per heavy atom. The quantitative estimate of drug-likeness (QED) is 0.312. The van der Waals surface area contributed by atoms with Crippen molar-refractivity contribution in [2.24, 2.45) is 0 Å². The van der Waals surface area contributed by atoms with Gasteiger partial charge < -0.3 is 19.7 Å². The first-order valence-electron chi connectivity index (χ1n) is 8.47. The van der Waals surface area contributed by atoms with E-state index in [2.05, 4.69) is 0 Å². The summed E-state index contributed by atoms with van der Waals surface area (Å²) in [5.41, 5.74) is 1.28. The van der Waals surface area contributed by atoms with Crippen molar-refractivity contribution in [1.82, 2.24) is 0 Å². The maximum absolute atomic E-state index is 12.5. The molecule has 0 fully saturated rings. The number of carbonyl (C=O) groups is 1. The number of ether oxygens (including phenoxy) is 2. The van der Waals surface area contributed by atoms with E-state index in [-0.39, 0.29) is 11.5 Å². The molecule has 0 unspecified atom stereocenters. The van der Waals surface area contributed by atoms with E-state index < -0.39 is 22.0 Å². The van der Waals surface area contributed by atoms with Crippen molar-refractivity contribution in [1.29, 1.82) is 0 Å². The fourth-order valence-electron chi connectivity index (χ4n) is 3.65. The van der Waals surface area contributed by atoms with Gasteiger partial charge in [-0.05, 0) is 30.3 Å². The molecule has 0 radical (unpaired) electrons. The van der Waals surface area contributed by atoms with Crippen LogP contribution >= 0.6 is 0 Å². The highest BCUT2D eigenvalue weighted by Gasteiger charge is 2.53. The van der Waals surface area contributed by atoms with Crippen LogP contribution in [0.15, 0.2) is 60.7 Å². The molecule has 2 heterocycles. The number of rotatable bonds is 0. The van der Waals surface area contributed by atoms with Gasteiger partial charge in [0.2, 0.25) is 0 Å². The van der Waals surface area contributed by atoms with Crippen molar-refractivity contribution in [3.63, 3.8) is 0 Å². The summed E-state index contributed by atoms with van der Waals surface area (Å²) < 4.78 is 43.4. The Kier molecular flexibility index (Phi) is 4.42. The van der Waals surface area contributed by atoms with E-state index in [1.54, 1.807) is 24.3 Å². The molecule has 3 aromatic rings. The molecule has 0 atom stereocenters. The fraction of sp³-hybridized carbons (Fsp3) is 0.0500. The lowest BCUT2D eigenvalue weighted by Gasteiger charge is -2.36. The molecule has 0 amide bonds. The van der Waals surface area contributed by atoms with Crippen LogP contribution in [0.1, 0.15) is 27.0 Å². The van der Waals surface area contributed by atoms with Crippen LogP contribution < -0.4 is 4.74 Å². The normalized spacial score (nSPS) is 15.1. The first-order valence-corrected chi connectivity index (χ1v) is 9.87. The molecule has 0 aliphatic carbocycles. The van der Waals surface area contributed by atoms with Gasteiger partial charge in [0.15, 0.2) is 5.60 Å². The summed E-state index contributed by atoms with van der Waals surface area (Å²) in [5.74, 6) is 0.408. The Morgan fingerprint density at radius 3 is 1.80 bits per heavy atom. The van der Waals surface area contributed by atoms with Crippen LogP contribution in [0.25, 0.3) is 0 Å². The van der Waals surface area contributed by atoms with Crippen molar-refractivity contribution in [3.8, 4) is 23.0 Å². The zero-order valence-electron chi connectivity index (χ0n) is 15.0. The van der Waals surface area contributed by atoms with Gasteiger partial charge in [-0.3, -0.25) is 9.11 Å². The summed E-state index contributed by atoms with van der Waals surface area (Å²) >= 11 is 0. The molecule has 2 aliphatic rings. The third kappa shape index (κ3) is 3.22. The monoisotopic (exact) mass is 430 g/mol. The summed E-state index contributed by atoms with van der Waals surface area (Å²) in [4.78, 5) is 12.5. The second kappa shape index (κ2) is 6.73. The van der Waals surface area contributed by atoms with Crippen LogP contribution in [-0.4, -0.2) is 33.7 Å². The van der Waals surface area contributed by atoms with Crippen molar-refractivity contribution < 1.29 is 42.0 Å². The number of phenolic OH excluding ortho intramolecular Hbond substituents is 2. The van der Waals surface area contributed by atoms with Crippen molar-refractivity contribution in [3.05, 3.63) is 82.9 Å². The molecule has 3 aromatic carbocycles. The third-order valence-electron chi connectivity index (χ3n) is 4.68. The van der Waals surface area contributed by atoms with Gasteiger partial charge in [0.1, 0.15) is 23.0 Å². The molecule has 0 aromatic heterocycles. The molecular formula is C20H14O9S. The largest absolute Gasteiger partial charge is 0.508 e. The van der Waals surface area contributed by atoms with Gasteiger partial charge in [-0.1, -0.05) is 18.2 Å². The van der Waals surface area contributed by atoms with E-state index >= 15 is 0 Å². The lowest BCUT2D eigenvalue weighted by Crippen LogP contribution is -2.32. The molecule has 1 spiro atoms. The average molecular weight is 430 g/mol. The molecule has 10 heteroatoms. The minimum absolute atomic E-state index is 0.0371. The summed E-state index contributed by atoms with van der Waals surface area (Å²) in [7, 11) is -4.67. The van der Waals surface area contributed by atoms with Crippen molar-refractivity contribution in [2.75, 3.05) is 0 Å². The van der Waals surface area contributed by atoms with Gasteiger partial charge in [0.25, 0.3) is 0 Å². The average Bonchev–Trinajstić information content (AvgIpc) is 2.94. The summed E-state index contributed by atoms with van der Waals surface area (Å²) in [5, 5.41) is 19.7. The van der Waals surface area contributed by atoms with E-state index in [9.17, 15) is 15.0 Å². The summed E-state index contributed by atoms with van der Waals surface area (Å²) in [6, 6.07) is 16.6. The van der Waals surface area contributed by atoms with Gasteiger partial charge >= 0.3 is 16.4 Å². The molecule has 4 N–H and O–H groups in total. The Labute approximate surface area is 170 Å². The van der Waals surface area contributed by atoms with Crippen molar-refractivity contribution in [2.45, 2.75) is 5.60 Å². The summed E-state index contributed by atoms with van der Waals surface area (Å²) in [6.07, 6.45) is 0. The zero-order chi connectivity index (χ0) is 21.7. The van der Waals surface area contributed by atoms with E-state index in [1.165, 1.54) is 24.3 Å². The van der Waals surface area contributed by atoms with Gasteiger partial charge in [-0.25, -0.2) is 4.79 Å². The van der Waals surface area contributed by atoms with Gasteiger partial charge in [0, 0.05) is 28.8 Å².